The van der Waals surface area contributed by atoms with Crippen molar-refractivity contribution >= 4 is 34.7 Å². The van der Waals surface area contributed by atoms with Crippen molar-refractivity contribution in [2.75, 3.05) is 4.90 Å². The van der Waals surface area contributed by atoms with Gasteiger partial charge in [0.05, 0.1) is 11.6 Å². The van der Waals surface area contributed by atoms with Gasteiger partial charge < -0.3 is 5.11 Å². The zero-order chi connectivity index (χ0) is 21.4. The van der Waals surface area contributed by atoms with Gasteiger partial charge in [-0.25, -0.2) is 4.39 Å². The number of carbonyl (C=O) groups is 2. The van der Waals surface area contributed by atoms with Crippen LogP contribution in [-0.4, -0.2) is 21.8 Å². The van der Waals surface area contributed by atoms with Gasteiger partial charge in [0.2, 0.25) is 0 Å². The number of aryl methyl sites for hydroxylation is 1. The molecular weight excluding hydrogens is 407 g/mol. The average Bonchev–Trinajstić information content (AvgIpc) is 3.01. The Kier molecular flexibility index (Phi) is 5.10. The molecule has 1 unspecified atom stereocenters. The third kappa shape index (κ3) is 3.35. The largest absolute Gasteiger partial charge is 0.507 e. The number of ketones is 1. The number of nitrogens with zero attached hydrogens (tertiary/aromatic N) is 2. The first-order valence-electron chi connectivity index (χ1n) is 9.11. The van der Waals surface area contributed by atoms with Crippen molar-refractivity contribution in [1.82, 2.24) is 4.98 Å². The van der Waals surface area contributed by atoms with Crippen LogP contribution in [0.15, 0.2) is 72.6 Å². The summed E-state index contributed by atoms with van der Waals surface area (Å²) in [4.78, 5) is 31.3. The topological polar surface area (TPSA) is 70.5 Å². The van der Waals surface area contributed by atoms with E-state index in [2.05, 4.69) is 4.98 Å². The summed E-state index contributed by atoms with van der Waals surface area (Å²) in [6.45, 7) is 1.83. The van der Waals surface area contributed by atoms with E-state index in [1.54, 1.807) is 30.3 Å². The smallest absolute Gasteiger partial charge is 0.300 e. The highest BCUT2D eigenvalue weighted by Gasteiger charge is 2.47. The van der Waals surface area contributed by atoms with E-state index in [9.17, 15) is 19.1 Å². The molecule has 7 heteroatoms. The van der Waals surface area contributed by atoms with Crippen LogP contribution in [-0.2, 0) is 9.59 Å². The fraction of sp³-hybridized carbons (Fsp3) is 0.0870. The summed E-state index contributed by atoms with van der Waals surface area (Å²) in [7, 11) is 0. The maximum Gasteiger partial charge on any atom is 0.300 e. The number of carbonyl (C=O) groups excluding carboxylic acids is 2. The molecule has 2 aromatic carbocycles. The second-order valence-electron chi connectivity index (χ2n) is 6.89. The first-order valence-corrected chi connectivity index (χ1v) is 9.49. The Balaban J connectivity index is 1.94. The lowest BCUT2D eigenvalue weighted by atomic mass is 9.95. The van der Waals surface area contributed by atoms with Crippen molar-refractivity contribution < 1.29 is 19.1 Å². The van der Waals surface area contributed by atoms with Gasteiger partial charge in [0.1, 0.15) is 11.6 Å². The van der Waals surface area contributed by atoms with Crippen LogP contribution in [0.3, 0.4) is 0 Å². The molecule has 1 N–H and O–H groups in total. The molecule has 3 aromatic rings. The molecule has 0 bridgehead atoms. The Morgan fingerprint density at radius 2 is 1.73 bits per heavy atom. The summed E-state index contributed by atoms with van der Waals surface area (Å²) >= 11 is 6.25. The summed E-state index contributed by atoms with van der Waals surface area (Å²) in [6, 6.07) is 12.5. The second kappa shape index (κ2) is 7.72. The quantitative estimate of drug-likeness (QED) is 0.373. The minimum atomic E-state index is -0.892. The van der Waals surface area contributed by atoms with Crippen LogP contribution in [0, 0.1) is 12.7 Å². The molecule has 0 radical (unpaired) electrons. The lowest BCUT2D eigenvalue weighted by molar-refractivity contribution is -0.132. The number of benzene rings is 2. The van der Waals surface area contributed by atoms with Crippen molar-refractivity contribution in [2.24, 2.45) is 0 Å². The third-order valence-electron chi connectivity index (χ3n) is 5.02. The molecule has 0 saturated carbocycles. The number of aliphatic hydroxyl groups is 1. The van der Waals surface area contributed by atoms with E-state index < -0.39 is 23.5 Å². The number of aromatic nitrogens is 1. The van der Waals surface area contributed by atoms with Gasteiger partial charge in [-0.3, -0.25) is 19.5 Å². The maximum atomic E-state index is 13.3. The van der Waals surface area contributed by atoms with Crippen molar-refractivity contribution in [3.63, 3.8) is 0 Å². The number of halogens is 2. The van der Waals surface area contributed by atoms with Gasteiger partial charge in [-0.2, -0.15) is 0 Å². The summed E-state index contributed by atoms with van der Waals surface area (Å²) < 4.78 is 13.3. The van der Waals surface area contributed by atoms with E-state index in [-0.39, 0.29) is 16.9 Å². The molecular formula is C23H16ClFN2O3. The van der Waals surface area contributed by atoms with Crippen molar-refractivity contribution in [3.8, 4) is 0 Å². The Hall–Kier alpha value is -3.51. The number of aliphatic hydroxyl groups excluding tert-OH is 1. The van der Waals surface area contributed by atoms with Gasteiger partial charge in [-0.05, 0) is 66.6 Å². The van der Waals surface area contributed by atoms with Gasteiger partial charge in [0.15, 0.2) is 0 Å². The van der Waals surface area contributed by atoms with E-state index in [1.165, 1.54) is 41.6 Å². The summed E-state index contributed by atoms with van der Waals surface area (Å²) in [5.41, 5.74) is 1.98. The van der Waals surface area contributed by atoms with Gasteiger partial charge >= 0.3 is 0 Å². The molecule has 4 rings (SSSR count). The van der Waals surface area contributed by atoms with Crippen LogP contribution in [0.5, 0.6) is 0 Å². The van der Waals surface area contributed by atoms with Crippen LogP contribution in [0.25, 0.3) is 5.76 Å². The zero-order valence-corrected chi connectivity index (χ0v) is 16.6. The molecule has 1 saturated heterocycles. The van der Waals surface area contributed by atoms with Crippen molar-refractivity contribution in [1.29, 1.82) is 0 Å². The highest BCUT2D eigenvalue weighted by Crippen LogP contribution is 2.42. The molecule has 1 aliphatic heterocycles. The molecule has 1 atom stereocenters. The van der Waals surface area contributed by atoms with Crippen LogP contribution in [0.4, 0.5) is 10.1 Å². The van der Waals surface area contributed by atoms with Gasteiger partial charge in [-0.1, -0.05) is 17.7 Å². The summed E-state index contributed by atoms with van der Waals surface area (Å²) in [5, 5.41) is 11.4. The second-order valence-corrected chi connectivity index (χ2v) is 7.30. The molecule has 0 spiro atoms. The fourth-order valence-corrected chi connectivity index (χ4v) is 3.63. The maximum absolute atomic E-state index is 13.3. The van der Waals surface area contributed by atoms with Crippen LogP contribution in [0.1, 0.15) is 22.7 Å². The molecule has 1 fully saturated rings. The number of Topliss-reactive ketones (excluding diaryl/α,β-unsaturated/α-hetero) is 1. The highest BCUT2D eigenvalue weighted by atomic mass is 35.5. The van der Waals surface area contributed by atoms with Crippen LogP contribution in [0.2, 0.25) is 5.02 Å². The lowest BCUT2D eigenvalue weighted by Gasteiger charge is -2.25. The predicted molar refractivity (Wildman–Crippen MR) is 112 cm³/mol. The highest BCUT2D eigenvalue weighted by molar-refractivity contribution is 6.51. The number of pyridine rings is 1. The Bertz CT molecular complexity index is 1180. The minimum absolute atomic E-state index is 0.0884. The number of hydrogen-bond donors (Lipinski definition) is 1. The summed E-state index contributed by atoms with van der Waals surface area (Å²) in [6.07, 6.45) is 3.07. The standard InChI is InChI=1S/C23H16ClFN2O3/c1-13-2-7-17(12-18(13)24)27-20(14-8-10-26-11-9-14)19(22(29)23(27)30)21(28)15-3-5-16(25)6-4-15/h2-12,20,28H,1H3/b21-19+. The first kappa shape index (κ1) is 19.8. The number of hydrogen-bond acceptors (Lipinski definition) is 4. The zero-order valence-electron chi connectivity index (χ0n) is 15.8. The van der Waals surface area contributed by atoms with Crippen molar-refractivity contribution in [3.05, 3.63) is 100 Å². The summed E-state index contributed by atoms with van der Waals surface area (Å²) in [5.74, 6) is -2.49. The monoisotopic (exact) mass is 422 g/mol. The molecule has 1 aromatic heterocycles. The van der Waals surface area contributed by atoms with Crippen LogP contribution < -0.4 is 4.90 Å². The van der Waals surface area contributed by atoms with Gasteiger partial charge in [0, 0.05) is 28.7 Å². The molecule has 150 valence electrons. The van der Waals surface area contributed by atoms with Crippen LogP contribution >= 0.6 is 11.6 Å². The lowest BCUT2D eigenvalue weighted by Crippen LogP contribution is -2.29. The van der Waals surface area contributed by atoms with Gasteiger partial charge in [-0.15, -0.1) is 0 Å². The number of amides is 1. The van der Waals surface area contributed by atoms with E-state index in [4.69, 9.17) is 11.6 Å². The Morgan fingerprint density at radius 3 is 2.37 bits per heavy atom. The molecule has 2 heterocycles. The Labute approximate surface area is 177 Å². The Morgan fingerprint density at radius 1 is 1.07 bits per heavy atom. The molecule has 30 heavy (non-hydrogen) atoms. The number of anilines is 1. The molecule has 5 nitrogen and oxygen atoms in total. The fourth-order valence-electron chi connectivity index (χ4n) is 3.45. The number of rotatable bonds is 3. The van der Waals surface area contributed by atoms with E-state index in [0.717, 1.165) is 5.56 Å². The van der Waals surface area contributed by atoms with E-state index >= 15 is 0 Å². The SMILES string of the molecule is Cc1ccc(N2C(=O)C(=O)/C(=C(/O)c3ccc(F)cc3)C2c2ccncc2)cc1Cl. The predicted octanol–water partition coefficient (Wildman–Crippen LogP) is 4.81. The van der Waals surface area contributed by atoms with Gasteiger partial charge in [0.25, 0.3) is 11.7 Å². The van der Waals surface area contributed by atoms with E-state index in [0.29, 0.717) is 16.3 Å². The average molecular weight is 423 g/mol. The first-order chi connectivity index (χ1) is 14.4. The third-order valence-corrected chi connectivity index (χ3v) is 5.42. The normalized spacial score (nSPS) is 18.1. The van der Waals surface area contributed by atoms with E-state index in [1.807, 2.05) is 6.92 Å². The van der Waals surface area contributed by atoms with Crippen molar-refractivity contribution in [2.45, 2.75) is 13.0 Å². The molecule has 1 amide bonds. The minimum Gasteiger partial charge on any atom is -0.507 e. The molecule has 0 aliphatic carbocycles. The molecule has 1 aliphatic rings.